The zero-order valence-corrected chi connectivity index (χ0v) is 18.6. The molecule has 0 radical (unpaired) electrons. The van der Waals surface area contributed by atoms with Crippen LogP contribution in [0, 0.1) is 0 Å². The minimum Gasteiger partial charge on any atom is -0.378 e. The zero-order valence-electron chi connectivity index (χ0n) is 18.6. The number of hydrogen-bond acceptors (Lipinski definition) is 7. The van der Waals surface area contributed by atoms with E-state index in [1.54, 1.807) is 11.8 Å². The molecular weight excluding hydrogens is 406 g/mol. The summed E-state index contributed by atoms with van der Waals surface area (Å²) in [6, 6.07) is 10.2. The van der Waals surface area contributed by atoms with Crippen molar-refractivity contribution in [1.82, 2.24) is 29.3 Å². The Morgan fingerprint density at radius 2 is 1.84 bits per heavy atom. The minimum atomic E-state index is -0.153. The molecule has 4 heterocycles. The van der Waals surface area contributed by atoms with Gasteiger partial charge in [0.05, 0.1) is 19.4 Å². The van der Waals surface area contributed by atoms with Gasteiger partial charge < -0.3 is 18.9 Å². The van der Waals surface area contributed by atoms with E-state index in [9.17, 15) is 0 Å². The predicted molar refractivity (Wildman–Crippen MR) is 122 cm³/mol. The topological polar surface area (TPSA) is 83.1 Å². The van der Waals surface area contributed by atoms with Gasteiger partial charge in [-0.05, 0) is 19.4 Å². The number of ether oxygens (including phenoxy) is 2. The molecule has 0 amide bonds. The highest BCUT2D eigenvalue weighted by Crippen LogP contribution is 2.29. The molecular formula is C23H27N7O2. The predicted octanol–water partition coefficient (Wildman–Crippen LogP) is 3.24. The molecule has 1 saturated heterocycles. The van der Waals surface area contributed by atoms with E-state index in [1.807, 2.05) is 37.5 Å². The van der Waals surface area contributed by atoms with Gasteiger partial charge in [0.15, 0.2) is 17.0 Å². The van der Waals surface area contributed by atoms with Gasteiger partial charge in [-0.25, -0.2) is 9.67 Å². The van der Waals surface area contributed by atoms with E-state index in [0.717, 1.165) is 53.6 Å². The Hall–Kier alpha value is -3.30. The van der Waals surface area contributed by atoms with Crippen LogP contribution in [0.4, 0.5) is 5.82 Å². The summed E-state index contributed by atoms with van der Waals surface area (Å²) in [5.74, 6) is 2.17. The fraction of sp³-hybridized carbons (Fsp3) is 0.391. The lowest BCUT2D eigenvalue weighted by atomic mass is 10.1. The number of rotatable bonds is 6. The lowest BCUT2D eigenvalue weighted by molar-refractivity contribution is 0.109. The molecule has 1 atom stereocenters. The SMILES string of the molecule is CCn1c(C(C)OC)nc2c(N3CCOCC3)nc(-n3cc(-c4ccccc4)cn3)nc21. The molecule has 0 spiro atoms. The summed E-state index contributed by atoms with van der Waals surface area (Å²) in [4.78, 5) is 16.9. The van der Waals surface area contributed by atoms with Crippen LogP contribution in [0.3, 0.4) is 0 Å². The van der Waals surface area contributed by atoms with Gasteiger partial charge >= 0.3 is 0 Å². The van der Waals surface area contributed by atoms with Crippen LogP contribution in [0.15, 0.2) is 42.7 Å². The monoisotopic (exact) mass is 433 g/mol. The molecule has 1 aliphatic rings. The smallest absolute Gasteiger partial charge is 0.254 e. The Bertz CT molecular complexity index is 1210. The van der Waals surface area contributed by atoms with Crippen LogP contribution in [-0.2, 0) is 16.0 Å². The first-order valence-electron chi connectivity index (χ1n) is 10.9. The van der Waals surface area contributed by atoms with Crippen molar-refractivity contribution in [1.29, 1.82) is 0 Å². The lowest BCUT2D eigenvalue weighted by Crippen LogP contribution is -2.37. The molecule has 1 aromatic carbocycles. The largest absolute Gasteiger partial charge is 0.378 e. The van der Waals surface area contributed by atoms with Crippen LogP contribution in [-0.4, -0.2) is 62.7 Å². The third-order valence-corrected chi connectivity index (χ3v) is 5.83. The summed E-state index contributed by atoms with van der Waals surface area (Å²) >= 11 is 0. The van der Waals surface area contributed by atoms with Crippen LogP contribution in [0.5, 0.6) is 0 Å². The third kappa shape index (κ3) is 3.63. The molecule has 9 heteroatoms. The summed E-state index contributed by atoms with van der Waals surface area (Å²) in [5, 5.41) is 4.56. The fourth-order valence-electron chi connectivity index (χ4n) is 4.03. The number of methoxy groups -OCH3 is 1. The molecule has 0 aliphatic carbocycles. The Balaban J connectivity index is 1.67. The van der Waals surface area contributed by atoms with E-state index in [0.29, 0.717) is 19.2 Å². The van der Waals surface area contributed by atoms with Gasteiger partial charge in [-0.1, -0.05) is 30.3 Å². The molecule has 32 heavy (non-hydrogen) atoms. The highest BCUT2D eigenvalue weighted by Gasteiger charge is 2.25. The van der Waals surface area contributed by atoms with Crippen molar-refractivity contribution in [3.8, 4) is 17.1 Å². The van der Waals surface area contributed by atoms with E-state index in [2.05, 4.69) is 33.6 Å². The molecule has 0 saturated carbocycles. The standard InChI is InChI=1S/C23H27N7O2/c1-4-29-20(16(2)31-3)25-19-21(28-10-12-32-13-11-28)26-23(27-22(19)29)30-15-18(14-24-30)17-8-6-5-7-9-17/h5-9,14-16H,4,10-13H2,1-3H3. The van der Waals surface area contributed by atoms with Gasteiger partial charge in [-0.2, -0.15) is 15.1 Å². The number of benzene rings is 1. The number of aromatic nitrogens is 6. The lowest BCUT2D eigenvalue weighted by Gasteiger charge is -2.28. The van der Waals surface area contributed by atoms with Gasteiger partial charge in [-0.3, -0.25) is 0 Å². The first-order chi connectivity index (χ1) is 15.7. The van der Waals surface area contributed by atoms with Crippen molar-refractivity contribution in [3.63, 3.8) is 0 Å². The minimum absolute atomic E-state index is 0.153. The van der Waals surface area contributed by atoms with E-state index in [1.165, 1.54) is 0 Å². The quantitative estimate of drug-likeness (QED) is 0.462. The third-order valence-electron chi connectivity index (χ3n) is 5.83. The van der Waals surface area contributed by atoms with Crippen LogP contribution in [0.25, 0.3) is 28.2 Å². The van der Waals surface area contributed by atoms with Crippen molar-refractivity contribution in [3.05, 3.63) is 48.5 Å². The van der Waals surface area contributed by atoms with Crippen molar-refractivity contribution in [2.45, 2.75) is 26.5 Å². The second-order valence-corrected chi connectivity index (χ2v) is 7.75. The van der Waals surface area contributed by atoms with E-state index >= 15 is 0 Å². The average molecular weight is 434 g/mol. The van der Waals surface area contributed by atoms with Gasteiger partial charge in [-0.15, -0.1) is 0 Å². The van der Waals surface area contributed by atoms with Crippen molar-refractivity contribution >= 4 is 17.0 Å². The molecule has 9 nitrogen and oxygen atoms in total. The highest BCUT2D eigenvalue weighted by atomic mass is 16.5. The summed E-state index contributed by atoms with van der Waals surface area (Å²) < 4.78 is 15.0. The Labute approximate surface area is 186 Å². The molecule has 1 aliphatic heterocycles. The first-order valence-corrected chi connectivity index (χ1v) is 10.9. The van der Waals surface area contributed by atoms with E-state index < -0.39 is 0 Å². The molecule has 166 valence electrons. The van der Waals surface area contributed by atoms with Crippen molar-refractivity contribution in [2.75, 3.05) is 38.3 Å². The van der Waals surface area contributed by atoms with Crippen molar-refractivity contribution < 1.29 is 9.47 Å². The summed E-state index contributed by atoms with van der Waals surface area (Å²) in [5.41, 5.74) is 3.68. The number of nitrogens with zero attached hydrogens (tertiary/aromatic N) is 7. The number of anilines is 1. The molecule has 1 unspecified atom stereocenters. The van der Waals surface area contributed by atoms with Crippen LogP contribution in [0.1, 0.15) is 25.8 Å². The fourth-order valence-corrected chi connectivity index (χ4v) is 4.03. The molecule has 0 N–H and O–H groups in total. The molecule has 5 rings (SSSR count). The van der Waals surface area contributed by atoms with Gasteiger partial charge in [0.2, 0.25) is 0 Å². The Kier molecular flexibility index (Phi) is 5.59. The second kappa shape index (κ2) is 8.68. The Morgan fingerprint density at radius 1 is 1.06 bits per heavy atom. The zero-order chi connectivity index (χ0) is 22.1. The maximum Gasteiger partial charge on any atom is 0.254 e. The number of fused-ring (bicyclic) bond motifs is 1. The van der Waals surface area contributed by atoms with E-state index in [-0.39, 0.29) is 6.10 Å². The number of aryl methyl sites for hydroxylation is 1. The first kappa shape index (κ1) is 20.6. The van der Waals surface area contributed by atoms with Crippen LogP contribution in [0.2, 0.25) is 0 Å². The average Bonchev–Trinajstić information content (AvgIpc) is 3.49. The van der Waals surface area contributed by atoms with Crippen molar-refractivity contribution in [2.24, 2.45) is 0 Å². The van der Waals surface area contributed by atoms with Gasteiger partial charge in [0.1, 0.15) is 11.9 Å². The maximum atomic E-state index is 5.58. The molecule has 3 aromatic heterocycles. The number of hydrogen-bond donors (Lipinski definition) is 0. The Morgan fingerprint density at radius 3 is 2.56 bits per heavy atom. The van der Waals surface area contributed by atoms with Crippen LogP contribution >= 0.6 is 0 Å². The van der Waals surface area contributed by atoms with Gasteiger partial charge in [0, 0.05) is 38.5 Å². The summed E-state index contributed by atoms with van der Waals surface area (Å²) in [6.07, 6.45) is 3.65. The molecule has 0 bridgehead atoms. The number of imidazole rings is 1. The molecule has 1 fully saturated rings. The van der Waals surface area contributed by atoms with E-state index in [4.69, 9.17) is 24.4 Å². The van der Waals surface area contributed by atoms with Gasteiger partial charge in [0.25, 0.3) is 5.95 Å². The van der Waals surface area contributed by atoms with Crippen LogP contribution < -0.4 is 4.90 Å². The number of morpholine rings is 1. The molecule has 4 aromatic rings. The summed E-state index contributed by atoms with van der Waals surface area (Å²) in [7, 11) is 1.69. The maximum absolute atomic E-state index is 5.58. The second-order valence-electron chi connectivity index (χ2n) is 7.75. The highest BCUT2D eigenvalue weighted by molar-refractivity contribution is 5.85. The summed E-state index contributed by atoms with van der Waals surface area (Å²) in [6.45, 7) is 7.66. The normalized spacial score (nSPS) is 15.4.